The summed E-state index contributed by atoms with van der Waals surface area (Å²) in [6.07, 6.45) is 12.1. The van der Waals surface area contributed by atoms with Crippen LogP contribution in [0.2, 0.25) is 0 Å². The van der Waals surface area contributed by atoms with E-state index in [1.165, 1.54) is 25.7 Å². The van der Waals surface area contributed by atoms with Crippen molar-refractivity contribution in [3.8, 4) is 0 Å². The van der Waals surface area contributed by atoms with E-state index in [9.17, 15) is 0 Å². The Morgan fingerprint density at radius 1 is 0.950 bits per heavy atom. The van der Waals surface area contributed by atoms with Crippen molar-refractivity contribution < 1.29 is 0 Å². The van der Waals surface area contributed by atoms with E-state index >= 15 is 0 Å². The van der Waals surface area contributed by atoms with Crippen molar-refractivity contribution in [2.75, 3.05) is 6.54 Å². The molecular formula is C19H35N. The molecule has 0 aromatic carbocycles. The fourth-order valence-corrected chi connectivity index (χ4v) is 6.03. The molecule has 2 bridgehead atoms. The van der Waals surface area contributed by atoms with Gasteiger partial charge in [-0.3, -0.25) is 0 Å². The maximum absolute atomic E-state index is 3.88. The highest BCUT2D eigenvalue weighted by atomic mass is 14.9. The van der Waals surface area contributed by atoms with Crippen LogP contribution in [0.4, 0.5) is 0 Å². The molecule has 20 heavy (non-hydrogen) atoms. The molecular weight excluding hydrogens is 242 g/mol. The fourth-order valence-electron chi connectivity index (χ4n) is 6.03. The largest absolute Gasteiger partial charge is 0.314 e. The molecule has 0 aromatic rings. The van der Waals surface area contributed by atoms with E-state index in [1.807, 2.05) is 0 Å². The summed E-state index contributed by atoms with van der Waals surface area (Å²) in [4.78, 5) is 0. The molecule has 3 aliphatic rings. The van der Waals surface area contributed by atoms with Crippen LogP contribution in [-0.4, -0.2) is 12.6 Å². The standard InChI is InChI=1S/C19H35N/c1-4-20-19(18-8-13(2)7-14(3)9-18)12-17-11-15-5-6-16(17)10-15/h13-20H,4-12H2,1-3H3. The van der Waals surface area contributed by atoms with Crippen molar-refractivity contribution in [3.05, 3.63) is 0 Å². The van der Waals surface area contributed by atoms with Gasteiger partial charge in [-0.05, 0) is 87.0 Å². The first-order chi connectivity index (χ1) is 9.65. The molecule has 0 heterocycles. The summed E-state index contributed by atoms with van der Waals surface area (Å²) < 4.78 is 0. The second-order valence-corrected chi connectivity index (χ2v) is 8.51. The highest BCUT2D eigenvalue weighted by Crippen LogP contribution is 2.50. The predicted molar refractivity (Wildman–Crippen MR) is 86.7 cm³/mol. The number of nitrogens with one attached hydrogen (secondary N) is 1. The fraction of sp³-hybridized carbons (Fsp3) is 1.00. The van der Waals surface area contributed by atoms with E-state index < -0.39 is 0 Å². The Bertz CT molecular complexity index is 303. The summed E-state index contributed by atoms with van der Waals surface area (Å²) in [6, 6.07) is 0.814. The molecule has 0 aromatic heterocycles. The Labute approximate surface area is 126 Å². The van der Waals surface area contributed by atoms with Gasteiger partial charge < -0.3 is 5.32 Å². The smallest absolute Gasteiger partial charge is 0.00981 e. The van der Waals surface area contributed by atoms with Gasteiger partial charge in [-0.15, -0.1) is 0 Å². The number of rotatable bonds is 5. The molecule has 0 spiro atoms. The van der Waals surface area contributed by atoms with Crippen LogP contribution in [0.5, 0.6) is 0 Å². The minimum Gasteiger partial charge on any atom is -0.314 e. The van der Waals surface area contributed by atoms with Crippen molar-refractivity contribution >= 4 is 0 Å². The summed E-state index contributed by atoms with van der Waals surface area (Å²) in [5.74, 6) is 6.11. The van der Waals surface area contributed by atoms with Gasteiger partial charge in [-0.25, -0.2) is 0 Å². The topological polar surface area (TPSA) is 12.0 Å². The molecule has 0 aliphatic heterocycles. The highest BCUT2D eigenvalue weighted by molar-refractivity contribution is 4.93. The van der Waals surface area contributed by atoms with E-state index in [0.717, 1.165) is 48.1 Å². The van der Waals surface area contributed by atoms with E-state index in [4.69, 9.17) is 0 Å². The minimum absolute atomic E-state index is 0.814. The monoisotopic (exact) mass is 277 g/mol. The highest BCUT2D eigenvalue weighted by Gasteiger charge is 2.41. The van der Waals surface area contributed by atoms with Gasteiger partial charge in [0.2, 0.25) is 0 Å². The maximum atomic E-state index is 3.88. The number of hydrogen-bond donors (Lipinski definition) is 1. The molecule has 3 aliphatic carbocycles. The zero-order valence-electron chi connectivity index (χ0n) is 13.9. The lowest BCUT2D eigenvalue weighted by molar-refractivity contribution is 0.150. The molecule has 3 fully saturated rings. The van der Waals surface area contributed by atoms with Gasteiger partial charge in [0, 0.05) is 6.04 Å². The third-order valence-electron chi connectivity index (χ3n) is 6.69. The van der Waals surface area contributed by atoms with E-state index in [2.05, 4.69) is 26.1 Å². The Kier molecular flexibility index (Phi) is 4.75. The quantitative estimate of drug-likeness (QED) is 0.756. The molecule has 3 rings (SSSR count). The van der Waals surface area contributed by atoms with Crippen LogP contribution in [0, 0.1) is 35.5 Å². The Hall–Kier alpha value is -0.0400. The first kappa shape index (κ1) is 14.9. The maximum Gasteiger partial charge on any atom is 0.00981 e. The Morgan fingerprint density at radius 3 is 2.25 bits per heavy atom. The molecule has 0 amide bonds. The summed E-state index contributed by atoms with van der Waals surface area (Å²) in [5, 5.41) is 3.88. The number of hydrogen-bond acceptors (Lipinski definition) is 1. The first-order valence-electron chi connectivity index (χ1n) is 9.39. The summed E-state index contributed by atoms with van der Waals surface area (Å²) in [7, 11) is 0. The van der Waals surface area contributed by atoms with Crippen LogP contribution in [-0.2, 0) is 0 Å². The van der Waals surface area contributed by atoms with Gasteiger partial charge in [0.15, 0.2) is 0 Å². The first-order valence-corrected chi connectivity index (χ1v) is 9.39. The van der Waals surface area contributed by atoms with Crippen molar-refractivity contribution in [3.63, 3.8) is 0 Å². The second-order valence-electron chi connectivity index (χ2n) is 8.51. The van der Waals surface area contributed by atoms with Gasteiger partial charge in [-0.1, -0.05) is 27.2 Å². The van der Waals surface area contributed by atoms with E-state index in [-0.39, 0.29) is 0 Å². The lowest BCUT2D eigenvalue weighted by atomic mass is 9.71. The van der Waals surface area contributed by atoms with Gasteiger partial charge in [0.25, 0.3) is 0 Å². The van der Waals surface area contributed by atoms with E-state index in [1.54, 1.807) is 25.7 Å². The van der Waals surface area contributed by atoms with Crippen LogP contribution in [0.1, 0.15) is 72.1 Å². The predicted octanol–water partition coefficient (Wildman–Crippen LogP) is 4.86. The van der Waals surface area contributed by atoms with E-state index in [0.29, 0.717) is 0 Å². The average molecular weight is 277 g/mol. The van der Waals surface area contributed by atoms with Gasteiger partial charge in [-0.2, -0.15) is 0 Å². The van der Waals surface area contributed by atoms with Crippen LogP contribution in [0.3, 0.4) is 0 Å². The van der Waals surface area contributed by atoms with Gasteiger partial charge in [0.1, 0.15) is 0 Å². The lowest BCUT2D eigenvalue weighted by Gasteiger charge is -2.39. The Balaban J connectivity index is 1.60. The molecule has 0 saturated heterocycles. The van der Waals surface area contributed by atoms with Crippen LogP contribution in [0.25, 0.3) is 0 Å². The van der Waals surface area contributed by atoms with Crippen LogP contribution in [0.15, 0.2) is 0 Å². The van der Waals surface area contributed by atoms with Gasteiger partial charge >= 0.3 is 0 Å². The zero-order chi connectivity index (χ0) is 14.1. The molecule has 6 unspecified atom stereocenters. The normalized spacial score (nSPS) is 45.8. The third kappa shape index (κ3) is 3.24. The molecule has 1 heteroatoms. The second kappa shape index (κ2) is 6.38. The van der Waals surface area contributed by atoms with Gasteiger partial charge in [0.05, 0.1) is 0 Å². The molecule has 3 saturated carbocycles. The van der Waals surface area contributed by atoms with Crippen molar-refractivity contribution in [2.45, 2.75) is 78.2 Å². The molecule has 1 nitrogen and oxygen atoms in total. The van der Waals surface area contributed by atoms with Crippen molar-refractivity contribution in [1.29, 1.82) is 0 Å². The summed E-state index contributed by atoms with van der Waals surface area (Å²) >= 11 is 0. The lowest BCUT2D eigenvalue weighted by Crippen LogP contribution is -2.41. The Morgan fingerprint density at radius 2 is 1.70 bits per heavy atom. The number of fused-ring (bicyclic) bond motifs is 2. The SMILES string of the molecule is CCNC(CC1CC2CCC1C2)C1CC(C)CC(C)C1. The molecule has 1 N–H and O–H groups in total. The summed E-state index contributed by atoms with van der Waals surface area (Å²) in [5.41, 5.74) is 0. The third-order valence-corrected chi connectivity index (χ3v) is 6.69. The molecule has 0 radical (unpaired) electrons. The zero-order valence-corrected chi connectivity index (χ0v) is 13.9. The van der Waals surface area contributed by atoms with Crippen molar-refractivity contribution in [1.82, 2.24) is 5.32 Å². The molecule has 6 atom stereocenters. The average Bonchev–Trinajstić information content (AvgIpc) is 2.99. The van der Waals surface area contributed by atoms with Crippen molar-refractivity contribution in [2.24, 2.45) is 35.5 Å². The van der Waals surface area contributed by atoms with Crippen LogP contribution < -0.4 is 5.32 Å². The minimum atomic E-state index is 0.814. The van der Waals surface area contributed by atoms with Crippen LogP contribution >= 0.6 is 0 Å². The molecule has 116 valence electrons. The summed E-state index contributed by atoms with van der Waals surface area (Å²) in [6.45, 7) is 8.40.